The molecule has 0 spiro atoms. The third kappa shape index (κ3) is 3.97. The first kappa shape index (κ1) is 17.4. The predicted octanol–water partition coefficient (Wildman–Crippen LogP) is 1.31. The van der Waals surface area contributed by atoms with E-state index in [9.17, 15) is 4.79 Å². The lowest BCUT2D eigenvalue weighted by atomic mass is 10.2. The van der Waals surface area contributed by atoms with Gasteiger partial charge in [0.25, 0.3) is 0 Å². The number of aromatic nitrogens is 2. The SMILES string of the molecule is COc1cc(NC(=O)CCN2CCOCC2)c(OC)c2nccnc12. The fraction of sp³-hybridized carbons (Fsp3) is 0.471. The summed E-state index contributed by atoms with van der Waals surface area (Å²) in [5, 5.41) is 2.90. The van der Waals surface area contributed by atoms with Crippen LogP contribution in [0.3, 0.4) is 0 Å². The van der Waals surface area contributed by atoms with Crippen LogP contribution in [0, 0.1) is 0 Å². The molecule has 1 aromatic heterocycles. The van der Waals surface area contributed by atoms with Gasteiger partial charge >= 0.3 is 0 Å². The summed E-state index contributed by atoms with van der Waals surface area (Å²) in [6.07, 6.45) is 3.56. The smallest absolute Gasteiger partial charge is 0.225 e. The Morgan fingerprint density at radius 3 is 2.60 bits per heavy atom. The number of carbonyl (C=O) groups excluding carboxylic acids is 1. The molecule has 0 radical (unpaired) electrons. The number of fused-ring (bicyclic) bond motifs is 1. The van der Waals surface area contributed by atoms with Gasteiger partial charge < -0.3 is 19.5 Å². The van der Waals surface area contributed by atoms with Crippen molar-refractivity contribution in [1.29, 1.82) is 0 Å². The van der Waals surface area contributed by atoms with E-state index in [1.165, 1.54) is 0 Å². The molecule has 1 saturated heterocycles. The largest absolute Gasteiger partial charge is 0.494 e. The lowest BCUT2D eigenvalue weighted by molar-refractivity contribution is -0.116. The van der Waals surface area contributed by atoms with Gasteiger partial charge in [0.1, 0.15) is 16.8 Å². The van der Waals surface area contributed by atoms with Crippen molar-refractivity contribution in [3.05, 3.63) is 18.5 Å². The monoisotopic (exact) mass is 346 g/mol. The predicted molar refractivity (Wildman–Crippen MR) is 93.1 cm³/mol. The van der Waals surface area contributed by atoms with Crippen molar-refractivity contribution in [3.8, 4) is 11.5 Å². The van der Waals surface area contributed by atoms with Crippen molar-refractivity contribution in [2.24, 2.45) is 0 Å². The van der Waals surface area contributed by atoms with Crippen LogP contribution in [0.5, 0.6) is 11.5 Å². The molecule has 0 saturated carbocycles. The number of ether oxygens (including phenoxy) is 3. The second-order valence-corrected chi connectivity index (χ2v) is 5.67. The number of hydrogen-bond donors (Lipinski definition) is 1. The quantitative estimate of drug-likeness (QED) is 0.844. The molecule has 1 fully saturated rings. The minimum atomic E-state index is -0.0879. The zero-order valence-electron chi connectivity index (χ0n) is 14.4. The van der Waals surface area contributed by atoms with E-state index in [1.54, 1.807) is 32.7 Å². The molecule has 8 nitrogen and oxygen atoms in total. The molecule has 1 aromatic carbocycles. The summed E-state index contributed by atoms with van der Waals surface area (Å²) in [5.74, 6) is 0.922. The first-order valence-electron chi connectivity index (χ1n) is 8.18. The Kier molecular flexibility index (Phi) is 5.62. The van der Waals surface area contributed by atoms with Gasteiger partial charge in [-0.1, -0.05) is 0 Å². The number of carbonyl (C=O) groups is 1. The van der Waals surface area contributed by atoms with Gasteiger partial charge in [-0.2, -0.15) is 0 Å². The van der Waals surface area contributed by atoms with Crippen LogP contribution in [0.1, 0.15) is 6.42 Å². The Morgan fingerprint density at radius 2 is 1.92 bits per heavy atom. The molecule has 1 amide bonds. The Labute approximate surface area is 146 Å². The number of benzene rings is 1. The Hall–Kier alpha value is -2.45. The Balaban J connectivity index is 1.76. The number of hydrogen-bond acceptors (Lipinski definition) is 7. The zero-order chi connectivity index (χ0) is 17.6. The van der Waals surface area contributed by atoms with E-state index in [4.69, 9.17) is 14.2 Å². The third-order valence-corrected chi connectivity index (χ3v) is 4.12. The fourth-order valence-electron chi connectivity index (χ4n) is 2.83. The summed E-state index contributed by atoms with van der Waals surface area (Å²) in [5.41, 5.74) is 1.67. The minimum Gasteiger partial charge on any atom is -0.494 e. The molecule has 0 aliphatic carbocycles. The van der Waals surface area contributed by atoms with Crippen molar-refractivity contribution in [1.82, 2.24) is 14.9 Å². The van der Waals surface area contributed by atoms with Crippen LogP contribution in [-0.4, -0.2) is 67.8 Å². The maximum atomic E-state index is 12.4. The number of rotatable bonds is 6. The van der Waals surface area contributed by atoms with Crippen LogP contribution >= 0.6 is 0 Å². The second-order valence-electron chi connectivity index (χ2n) is 5.67. The fourth-order valence-corrected chi connectivity index (χ4v) is 2.83. The van der Waals surface area contributed by atoms with Gasteiger partial charge in [-0.25, -0.2) is 9.97 Å². The summed E-state index contributed by atoms with van der Waals surface area (Å²) in [4.78, 5) is 23.2. The third-order valence-electron chi connectivity index (χ3n) is 4.12. The van der Waals surface area contributed by atoms with Crippen molar-refractivity contribution in [3.63, 3.8) is 0 Å². The van der Waals surface area contributed by atoms with Crippen molar-refractivity contribution in [2.45, 2.75) is 6.42 Å². The molecule has 0 unspecified atom stereocenters. The molecule has 2 heterocycles. The summed E-state index contributed by atoms with van der Waals surface area (Å²) in [7, 11) is 3.10. The molecule has 25 heavy (non-hydrogen) atoms. The highest BCUT2D eigenvalue weighted by Gasteiger charge is 2.18. The van der Waals surface area contributed by atoms with Crippen LogP contribution in [0.15, 0.2) is 18.5 Å². The first-order valence-corrected chi connectivity index (χ1v) is 8.18. The van der Waals surface area contributed by atoms with E-state index >= 15 is 0 Å². The van der Waals surface area contributed by atoms with E-state index in [1.807, 2.05) is 0 Å². The summed E-state index contributed by atoms with van der Waals surface area (Å²) in [6.45, 7) is 3.85. The average molecular weight is 346 g/mol. The van der Waals surface area contributed by atoms with Gasteiger partial charge in [-0.15, -0.1) is 0 Å². The molecule has 0 bridgehead atoms. The standard InChI is InChI=1S/C17H22N4O4/c1-23-13-11-12(17(24-2)16-15(13)18-4-5-19-16)20-14(22)3-6-21-7-9-25-10-8-21/h4-5,11H,3,6-10H2,1-2H3,(H,20,22). The number of morpholine rings is 1. The molecule has 1 aliphatic heterocycles. The van der Waals surface area contributed by atoms with Crippen molar-refractivity contribution < 1.29 is 19.0 Å². The van der Waals surface area contributed by atoms with Crippen LogP contribution in [0.2, 0.25) is 0 Å². The van der Waals surface area contributed by atoms with Crippen LogP contribution in [0.4, 0.5) is 5.69 Å². The van der Waals surface area contributed by atoms with Crippen LogP contribution in [-0.2, 0) is 9.53 Å². The molecule has 8 heteroatoms. The highest BCUT2D eigenvalue weighted by atomic mass is 16.5. The molecular formula is C17H22N4O4. The normalized spacial score (nSPS) is 15.1. The second kappa shape index (κ2) is 8.09. The lowest BCUT2D eigenvalue weighted by Crippen LogP contribution is -2.38. The summed E-state index contributed by atoms with van der Waals surface area (Å²) >= 11 is 0. The maximum Gasteiger partial charge on any atom is 0.225 e. The van der Waals surface area contributed by atoms with E-state index in [-0.39, 0.29) is 5.91 Å². The number of nitrogens with one attached hydrogen (secondary N) is 1. The molecular weight excluding hydrogens is 324 g/mol. The van der Waals surface area contributed by atoms with Crippen LogP contribution < -0.4 is 14.8 Å². The molecule has 0 atom stereocenters. The van der Waals surface area contributed by atoms with E-state index < -0.39 is 0 Å². The molecule has 1 N–H and O–H groups in total. The first-order chi connectivity index (χ1) is 12.2. The molecule has 1 aliphatic rings. The molecule has 3 rings (SSSR count). The highest BCUT2D eigenvalue weighted by Crippen LogP contribution is 2.37. The van der Waals surface area contributed by atoms with Gasteiger partial charge in [-0.05, 0) is 0 Å². The minimum absolute atomic E-state index is 0.0879. The maximum absolute atomic E-state index is 12.4. The van der Waals surface area contributed by atoms with Gasteiger partial charge in [0.05, 0.1) is 33.1 Å². The molecule has 2 aromatic rings. The number of nitrogens with zero attached hydrogens (tertiary/aromatic N) is 3. The summed E-state index contributed by atoms with van der Waals surface area (Å²) in [6, 6.07) is 1.71. The van der Waals surface area contributed by atoms with Gasteiger partial charge in [-0.3, -0.25) is 9.69 Å². The zero-order valence-corrected chi connectivity index (χ0v) is 14.4. The molecule has 134 valence electrons. The number of amides is 1. The average Bonchev–Trinajstić information content (AvgIpc) is 2.66. The van der Waals surface area contributed by atoms with Gasteiger partial charge in [0.2, 0.25) is 5.91 Å². The van der Waals surface area contributed by atoms with Gasteiger partial charge in [0.15, 0.2) is 5.75 Å². The lowest BCUT2D eigenvalue weighted by Gasteiger charge is -2.26. The number of anilines is 1. The van der Waals surface area contributed by atoms with E-state index in [0.717, 1.165) is 26.3 Å². The van der Waals surface area contributed by atoms with Crippen molar-refractivity contribution in [2.75, 3.05) is 52.4 Å². The van der Waals surface area contributed by atoms with E-state index in [0.29, 0.717) is 41.2 Å². The number of methoxy groups -OCH3 is 2. The Morgan fingerprint density at radius 1 is 1.20 bits per heavy atom. The van der Waals surface area contributed by atoms with E-state index in [2.05, 4.69) is 20.2 Å². The topological polar surface area (TPSA) is 85.8 Å². The Bertz CT molecular complexity index is 747. The summed E-state index contributed by atoms with van der Waals surface area (Å²) < 4.78 is 16.1. The van der Waals surface area contributed by atoms with Crippen LogP contribution in [0.25, 0.3) is 11.0 Å². The highest BCUT2D eigenvalue weighted by molar-refractivity contribution is 5.99. The van der Waals surface area contributed by atoms with Crippen molar-refractivity contribution >= 4 is 22.6 Å². The van der Waals surface area contributed by atoms with Gasteiger partial charge in [0, 0.05) is 44.5 Å².